The molecular formula is C30H37ClF3N5O5. The van der Waals surface area contributed by atoms with Crippen molar-refractivity contribution in [2.45, 2.75) is 67.7 Å². The third-order valence-electron chi connectivity index (χ3n) is 5.55. The minimum Gasteiger partial charge on any atom is -0.481 e. The topological polar surface area (TPSA) is 128 Å². The number of anilines is 2. The van der Waals surface area contributed by atoms with Crippen molar-refractivity contribution in [2.75, 3.05) is 5.32 Å². The van der Waals surface area contributed by atoms with E-state index in [0.29, 0.717) is 22.5 Å². The van der Waals surface area contributed by atoms with Crippen LogP contribution in [0.4, 0.5) is 24.8 Å². The van der Waals surface area contributed by atoms with Gasteiger partial charge in [0.2, 0.25) is 5.95 Å². The summed E-state index contributed by atoms with van der Waals surface area (Å²) in [6, 6.07) is 12.7. The third-order valence-corrected chi connectivity index (χ3v) is 5.80. The van der Waals surface area contributed by atoms with E-state index in [2.05, 4.69) is 15.3 Å². The summed E-state index contributed by atoms with van der Waals surface area (Å²) in [7, 11) is 0. The van der Waals surface area contributed by atoms with Gasteiger partial charge in [-0.2, -0.15) is 18.2 Å². The molecule has 14 heteroatoms. The van der Waals surface area contributed by atoms with Gasteiger partial charge in [-0.15, -0.1) is 0 Å². The summed E-state index contributed by atoms with van der Waals surface area (Å²) in [5, 5.41) is 12.6. The average molecular weight is 640 g/mol. The van der Waals surface area contributed by atoms with Gasteiger partial charge in [0.05, 0.1) is 12.5 Å². The predicted molar refractivity (Wildman–Crippen MR) is 166 cm³/mol. The van der Waals surface area contributed by atoms with E-state index in [1.807, 2.05) is 27.7 Å². The van der Waals surface area contributed by atoms with Crippen molar-refractivity contribution < 1.29 is 27.8 Å². The zero-order chi connectivity index (χ0) is 33.6. The van der Waals surface area contributed by atoms with Gasteiger partial charge in [0.15, 0.2) is 5.90 Å². The molecule has 2 N–H and O–H groups in total. The van der Waals surface area contributed by atoms with Crippen LogP contribution < -0.4 is 21.4 Å². The van der Waals surface area contributed by atoms with Crippen molar-refractivity contribution >= 4 is 35.1 Å². The first-order valence-electron chi connectivity index (χ1n) is 13.8. The van der Waals surface area contributed by atoms with Gasteiger partial charge in [0.1, 0.15) is 5.75 Å². The van der Waals surface area contributed by atoms with Crippen LogP contribution in [0.1, 0.15) is 54.0 Å². The molecule has 0 unspecified atom stereocenters. The summed E-state index contributed by atoms with van der Waals surface area (Å²) in [6.07, 6.45) is -3.83. The minimum atomic E-state index is -4.49. The molecule has 1 heterocycles. The van der Waals surface area contributed by atoms with E-state index in [4.69, 9.17) is 16.3 Å². The van der Waals surface area contributed by atoms with Gasteiger partial charge in [-0.3, -0.25) is 9.36 Å². The molecule has 0 aliphatic rings. The number of carboxylic acid groups (broad SMARTS) is 1. The molecule has 3 rings (SSSR count). The number of rotatable bonds is 9. The first-order valence-corrected chi connectivity index (χ1v) is 14.1. The van der Waals surface area contributed by atoms with Crippen LogP contribution in [0.5, 0.6) is 5.75 Å². The Labute approximate surface area is 258 Å². The second-order valence-electron chi connectivity index (χ2n) is 8.77. The number of aromatic nitrogens is 3. The molecule has 0 amide bonds. The van der Waals surface area contributed by atoms with Gasteiger partial charge in [-0.1, -0.05) is 58.4 Å². The smallest absolute Gasteiger partial charge is 0.413 e. The summed E-state index contributed by atoms with van der Waals surface area (Å²) >= 11 is 5.95. The van der Waals surface area contributed by atoms with E-state index in [1.165, 1.54) is 42.7 Å². The van der Waals surface area contributed by atoms with Gasteiger partial charge < -0.3 is 15.2 Å². The Morgan fingerprint density at radius 1 is 1.05 bits per heavy atom. The molecular weight excluding hydrogens is 603 g/mol. The zero-order valence-corrected chi connectivity index (χ0v) is 26.3. The van der Waals surface area contributed by atoms with Crippen molar-refractivity contribution in [3.63, 3.8) is 0 Å². The third kappa shape index (κ3) is 11.4. The summed E-state index contributed by atoms with van der Waals surface area (Å²) in [4.78, 5) is 44.9. The minimum absolute atomic E-state index is 0.00518. The van der Waals surface area contributed by atoms with Crippen molar-refractivity contribution in [1.29, 1.82) is 0 Å². The molecule has 10 nitrogen and oxygen atoms in total. The molecule has 0 aliphatic heterocycles. The summed E-state index contributed by atoms with van der Waals surface area (Å²) < 4.78 is 45.2. The summed E-state index contributed by atoms with van der Waals surface area (Å²) in [5.74, 6) is -2.03. The number of hydrogen-bond donors (Lipinski definition) is 2. The van der Waals surface area contributed by atoms with Gasteiger partial charge in [-0.05, 0) is 48.9 Å². The van der Waals surface area contributed by atoms with Gasteiger partial charge in [0.25, 0.3) is 0 Å². The summed E-state index contributed by atoms with van der Waals surface area (Å²) in [5.41, 5.74) is -1.50. The maximum absolute atomic E-state index is 13.3. The van der Waals surface area contributed by atoms with Crippen LogP contribution >= 0.6 is 11.6 Å². The highest BCUT2D eigenvalue weighted by Crippen LogP contribution is 2.25. The lowest BCUT2D eigenvalue weighted by Crippen LogP contribution is -2.44. The number of ether oxygens (including phenoxy) is 1. The lowest BCUT2D eigenvalue weighted by atomic mass is 10.2. The Hall–Kier alpha value is -4.39. The maximum Gasteiger partial charge on any atom is 0.413 e. The largest absolute Gasteiger partial charge is 0.481 e. The molecule has 3 aromatic rings. The monoisotopic (exact) mass is 639 g/mol. The highest BCUT2D eigenvalue weighted by atomic mass is 35.5. The number of nitrogens with zero attached hydrogens (tertiary/aromatic N) is 4. The van der Waals surface area contributed by atoms with Crippen molar-refractivity contribution in [2.24, 2.45) is 10.9 Å². The van der Waals surface area contributed by atoms with Crippen LogP contribution in [-0.2, 0) is 17.9 Å². The van der Waals surface area contributed by atoms with E-state index in [0.717, 1.165) is 11.5 Å². The van der Waals surface area contributed by atoms with E-state index < -0.39 is 35.0 Å². The first-order chi connectivity index (χ1) is 20.7. The Bertz CT molecular complexity index is 1550. The zero-order valence-electron chi connectivity index (χ0n) is 25.6. The van der Waals surface area contributed by atoms with Gasteiger partial charge in [-0.25, -0.2) is 19.1 Å². The molecule has 0 bridgehead atoms. The molecule has 1 aromatic heterocycles. The van der Waals surface area contributed by atoms with Crippen LogP contribution in [0.3, 0.4) is 0 Å². The first kappa shape index (κ1) is 37.6. The number of benzene rings is 2. The van der Waals surface area contributed by atoms with Crippen molar-refractivity contribution in [3.8, 4) is 5.75 Å². The fraction of sp³-hybridized carbons (Fsp3) is 0.367. The number of hydrogen-bond acceptors (Lipinski definition) is 7. The standard InChI is InChI=1S/C26H25ClF3N5O5.2C2H6/c1-15(22(36)37)13-35-24(38)33-23(34(25(35)39)14-18-4-6-19(27)7-5-18)32-20-8-10-21(11-9-20)40-17(3)31-12-16(2)26(28,29)30;2*1-2/h4-12,15H,13-14H2,1-3H3,(H,36,37)(H,32,33,38);2*1-2H3/b16-12+,31-17?;;/t15-;;/m0../s1. The Morgan fingerprint density at radius 2 is 1.61 bits per heavy atom. The van der Waals surface area contributed by atoms with Crippen LogP contribution in [0.15, 0.2) is 74.9 Å². The fourth-order valence-electron chi connectivity index (χ4n) is 3.24. The van der Waals surface area contributed by atoms with Crippen molar-refractivity contribution in [3.05, 3.63) is 91.9 Å². The molecule has 0 saturated heterocycles. The van der Waals surface area contributed by atoms with Gasteiger partial charge in [0, 0.05) is 36.0 Å². The normalized spacial score (nSPS) is 12.2. The molecule has 0 radical (unpaired) electrons. The Balaban J connectivity index is 0.00000232. The Morgan fingerprint density at radius 3 is 2.14 bits per heavy atom. The fourth-order valence-corrected chi connectivity index (χ4v) is 3.37. The number of nitrogens with one attached hydrogen (secondary N) is 1. The molecule has 0 spiro atoms. The summed E-state index contributed by atoms with van der Waals surface area (Å²) in [6.45, 7) is 11.3. The molecule has 0 aliphatic carbocycles. The van der Waals surface area contributed by atoms with E-state index in [1.54, 1.807) is 24.3 Å². The van der Waals surface area contributed by atoms with E-state index in [-0.39, 0.29) is 30.7 Å². The molecule has 0 fully saturated rings. The number of allylic oxidation sites excluding steroid dienone is 1. The molecule has 44 heavy (non-hydrogen) atoms. The SMILES string of the molecule is CC.CC.CC(=N/C=C(\C)C(F)(F)F)Oc1ccc(Nc2nc(=O)n(C[C@H](C)C(=O)O)c(=O)n2Cc2ccc(Cl)cc2)cc1. The van der Waals surface area contributed by atoms with E-state index >= 15 is 0 Å². The van der Waals surface area contributed by atoms with Crippen molar-refractivity contribution in [1.82, 2.24) is 14.1 Å². The number of aliphatic imine (C=N–C) groups is 1. The number of carboxylic acids is 1. The van der Waals surface area contributed by atoms with Gasteiger partial charge >= 0.3 is 23.5 Å². The van der Waals surface area contributed by atoms with E-state index in [9.17, 15) is 32.7 Å². The van der Waals surface area contributed by atoms with Crippen LogP contribution in [0.2, 0.25) is 5.02 Å². The Kier molecular flexibility index (Phi) is 15.1. The lowest BCUT2D eigenvalue weighted by Gasteiger charge is -2.17. The second-order valence-corrected chi connectivity index (χ2v) is 9.21. The number of halogens is 4. The van der Waals surface area contributed by atoms with Crippen LogP contribution in [0.25, 0.3) is 0 Å². The quantitative estimate of drug-likeness (QED) is 0.193. The molecule has 1 atom stereocenters. The second kappa shape index (κ2) is 17.7. The number of aliphatic carboxylic acids is 1. The molecule has 2 aromatic carbocycles. The molecule has 0 saturated carbocycles. The van der Waals surface area contributed by atoms with Crippen LogP contribution in [-0.4, -0.2) is 37.3 Å². The average Bonchev–Trinajstić information content (AvgIpc) is 2.99. The van der Waals surface area contributed by atoms with Crippen LogP contribution in [0, 0.1) is 5.92 Å². The maximum atomic E-state index is 13.3. The highest BCUT2D eigenvalue weighted by molar-refractivity contribution is 6.30. The highest BCUT2D eigenvalue weighted by Gasteiger charge is 2.29. The number of alkyl halides is 3. The number of carbonyl (C=O) groups is 1. The predicted octanol–water partition coefficient (Wildman–Crippen LogP) is 6.89. The molecule has 240 valence electrons. The lowest BCUT2D eigenvalue weighted by molar-refractivity contribution is -0.141.